The lowest BCUT2D eigenvalue weighted by Gasteiger charge is -2.31. The Balaban J connectivity index is 2.21. The van der Waals surface area contributed by atoms with Gasteiger partial charge in [0.15, 0.2) is 0 Å². The van der Waals surface area contributed by atoms with Crippen molar-refractivity contribution in [3.63, 3.8) is 0 Å². The Bertz CT molecular complexity index is 262. The van der Waals surface area contributed by atoms with Gasteiger partial charge in [0.05, 0.1) is 11.9 Å². The average Bonchev–Trinajstić information content (AvgIpc) is 2.01. The molecule has 6 heteroatoms. The summed E-state index contributed by atoms with van der Waals surface area (Å²) in [5.41, 5.74) is 0. The molecule has 0 aromatic heterocycles. The van der Waals surface area contributed by atoms with Crippen molar-refractivity contribution in [2.45, 2.75) is 37.8 Å². The van der Waals surface area contributed by atoms with Gasteiger partial charge < -0.3 is 5.11 Å². The molecule has 0 aromatic rings. The molecule has 0 amide bonds. The molecule has 1 fully saturated rings. The van der Waals surface area contributed by atoms with Crippen LogP contribution >= 0.6 is 11.6 Å². The first-order chi connectivity index (χ1) is 6.53. The second-order valence-corrected chi connectivity index (χ2v) is 5.91. The molecule has 0 atom stereocenters. The number of hydrogen-bond acceptors (Lipinski definition) is 3. The number of unbranched alkanes of at least 4 members (excludes halogenated alkanes) is 1. The zero-order valence-electron chi connectivity index (χ0n) is 7.95. The summed E-state index contributed by atoms with van der Waals surface area (Å²) in [5, 5.41) is 8.98. The Morgan fingerprint density at radius 1 is 1.36 bits per heavy atom. The van der Waals surface area contributed by atoms with Crippen LogP contribution in [0.1, 0.15) is 25.7 Å². The van der Waals surface area contributed by atoms with Gasteiger partial charge >= 0.3 is 0 Å². The quantitative estimate of drug-likeness (QED) is 0.524. The largest absolute Gasteiger partial charge is 0.393 e. The lowest BCUT2D eigenvalue weighted by atomic mass is 9.91. The van der Waals surface area contributed by atoms with E-state index in [4.69, 9.17) is 16.7 Å². The monoisotopic (exact) mass is 241 g/mol. The number of aliphatic hydroxyl groups is 1. The van der Waals surface area contributed by atoms with Gasteiger partial charge in [-0.25, -0.2) is 13.1 Å². The van der Waals surface area contributed by atoms with Gasteiger partial charge in [0.25, 0.3) is 0 Å². The van der Waals surface area contributed by atoms with Crippen molar-refractivity contribution in [2.24, 2.45) is 0 Å². The molecule has 0 saturated heterocycles. The van der Waals surface area contributed by atoms with Crippen LogP contribution in [-0.2, 0) is 10.0 Å². The SMILES string of the molecule is O=S(=O)(CCCCCl)NC1CC(O)C1. The molecule has 1 rings (SSSR count). The van der Waals surface area contributed by atoms with Crippen LogP contribution in [0.5, 0.6) is 0 Å². The van der Waals surface area contributed by atoms with E-state index in [1.807, 2.05) is 0 Å². The summed E-state index contributed by atoms with van der Waals surface area (Å²) in [5.74, 6) is 0.629. The highest BCUT2D eigenvalue weighted by molar-refractivity contribution is 7.89. The minimum Gasteiger partial charge on any atom is -0.393 e. The standard InChI is InChI=1S/C8H16ClNO3S/c9-3-1-2-4-14(12,13)10-7-5-8(11)6-7/h7-8,10-11H,1-6H2. The van der Waals surface area contributed by atoms with Crippen LogP contribution in [0, 0.1) is 0 Å². The Morgan fingerprint density at radius 2 is 2.00 bits per heavy atom. The molecule has 0 spiro atoms. The first-order valence-electron chi connectivity index (χ1n) is 4.77. The second kappa shape index (κ2) is 5.30. The highest BCUT2D eigenvalue weighted by Crippen LogP contribution is 2.20. The van der Waals surface area contributed by atoms with Crippen LogP contribution in [0.25, 0.3) is 0 Å². The van der Waals surface area contributed by atoms with Gasteiger partial charge in [-0.3, -0.25) is 0 Å². The Hall–Kier alpha value is 0.160. The van der Waals surface area contributed by atoms with Crippen LogP contribution < -0.4 is 4.72 Å². The molecular formula is C8H16ClNO3S. The minimum absolute atomic E-state index is 0.0639. The number of alkyl halides is 1. The summed E-state index contributed by atoms with van der Waals surface area (Å²) in [6.07, 6.45) is 2.05. The van der Waals surface area contributed by atoms with Gasteiger partial charge in [0.2, 0.25) is 10.0 Å². The molecule has 2 N–H and O–H groups in total. The maximum Gasteiger partial charge on any atom is 0.211 e. The fourth-order valence-electron chi connectivity index (χ4n) is 1.38. The van der Waals surface area contributed by atoms with Crippen LogP contribution in [0.3, 0.4) is 0 Å². The first kappa shape index (κ1) is 12.2. The molecule has 0 aliphatic heterocycles. The molecule has 0 unspecified atom stereocenters. The van der Waals surface area contributed by atoms with Gasteiger partial charge in [-0.05, 0) is 25.7 Å². The number of aliphatic hydroxyl groups excluding tert-OH is 1. The summed E-state index contributed by atoms with van der Waals surface area (Å²) >= 11 is 5.45. The van der Waals surface area contributed by atoms with E-state index in [-0.39, 0.29) is 17.9 Å². The number of sulfonamides is 1. The van der Waals surface area contributed by atoms with Crippen molar-refractivity contribution in [2.75, 3.05) is 11.6 Å². The molecule has 0 heterocycles. The molecule has 0 aromatic carbocycles. The van der Waals surface area contributed by atoms with E-state index < -0.39 is 10.0 Å². The van der Waals surface area contributed by atoms with Gasteiger partial charge in [-0.2, -0.15) is 0 Å². The van der Waals surface area contributed by atoms with Gasteiger partial charge in [-0.1, -0.05) is 0 Å². The van der Waals surface area contributed by atoms with Crippen molar-refractivity contribution in [1.82, 2.24) is 4.72 Å². The molecule has 0 radical (unpaired) electrons. The Morgan fingerprint density at radius 3 is 2.50 bits per heavy atom. The summed E-state index contributed by atoms with van der Waals surface area (Å²) in [7, 11) is -3.16. The van der Waals surface area contributed by atoms with E-state index in [0.29, 0.717) is 25.1 Å². The molecule has 1 saturated carbocycles. The van der Waals surface area contributed by atoms with Crippen LogP contribution in [0.15, 0.2) is 0 Å². The van der Waals surface area contributed by atoms with Gasteiger partial charge in [0, 0.05) is 11.9 Å². The highest BCUT2D eigenvalue weighted by Gasteiger charge is 2.30. The van der Waals surface area contributed by atoms with Crippen LogP contribution in [0.2, 0.25) is 0 Å². The van der Waals surface area contributed by atoms with Crippen molar-refractivity contribution < 1.29 is 13.5 Å². The average molecular weight is 242 g/mol. The molecule has 0 bridgehead atoms. The predicted molar refractivity (Wildman–Crippen MR) is 55.9 cm³/mol. The van der Waals surface area contributed by atoms with Crippen LogP contribution in [-0.4, -0.2) is 37.3 Å². The van der Waals surface area contributed by atoms with Crippen molar-refractivity contribution >= 4 is 21.6 Å². The Labute approximate surface area is 89.7 Å². The van der Waals surface area contributed by atoms with E-state index in [1.54, 1.807) is 0 Å². The van der Waals surface area contributed by atoms with E-state index in [2.05, 4.69) is 4.72 Å². The molecule has 14 heavy (non-hydrogen) atoms. The number of nitrogens with one attached hydrogen (secondary N) is 1. The third-order valence-electron chi connectivity index (χ3n) is 2.26. The molecule has 4 nitrogen and oxygen atoms in total. The highest BCUT2D eigenvalue weighted by atomic mass is 35.5. The third kappa shape index (κ3) is 4.13. The van der Waals surface area contributed by atoms with E-state index in [9.17, 15) is 8.42 Å². The van der Waals surface area contributed by atoms with E-state index in [0.717, 1.165) is 6.42 Å². The molecular weight excluding hydrogens is 226 g/mol. The van der Waals surface area contributed by atoms with E-state index >= 15 is 0 Å². The van der Waals surface area contributed by atoms with Crippen molar-refractivity contribution in [3.8, 4) is 0 Å². The summed E-state index contributed by atoms with van der Waals surface area (Å²) in [6, 6.07) is -0.0639. The van der Waals surface area contributed by atoms with Gasteiger partial charge in [-0.15, -0.1) is 11.6 Å². The maximum atomic E-state index is 11.4. The fourth-order valence-corrected chi connectivity index (χ4v) is 2.97. The molecule has 1 aliphatic carbocycles. The lowest BCUT2D eigenvalue weighted by Crippen LogP contribution is -2.47. The second-order valence-electron chi connectivity index (χ2n) is 3.65. The smallest absolute Gasteiger partial charge is 0.211 e. The molecule has 1 aliphatic rings. The minimum atomic E-state index is -3.16. The van der Waals surface area contributed by atoms with Crippen molar-refractivity contribution in [3.05, 3.63) is 0 Å². The molecule has 84 valence electrons. The Kier molecular flexibility index (Phi) is 4.63. The summed E-state index contributed by atoms with van der Waals surface area (Å²) in [4.78, 5) is 0. The third-order valence-corrected chi connectivity index (χ3v) is 4.04. The number of rotatable bonds is 6. The van der Waals surface area contributed by atoms with Crippen LogP contribution in [0.4, 0.5) is 0 Å². The predicted octanol–water partition coefficient (Wildman–Crippen LogP) is 0.448. The number of hydrogen-bond donors (Lipinski definition) is 2. The topological polar surface area (TPSA) is 66.4 Å². The van der Waals surface area contributed by atoms with E-state index in [1.165, 1.54) is 0 Å². The van der Waals surface area contributed by atoms with Crippen molar-refractivity contribution in [1.29, 1.82) is 0 Å². The zero-order valence-corrected chi connectivity index (χ0v) is 9.52. The first-order valence-corrected chi connectivity index (χ1v) is 6.96. The lowest BCUT2D eigenvalue weighted by molar-refractivity contribution is 0.0712. The zero-order chi connectivity index (χ0) is 10.6. The fraction of sp³-hybridized carbons (Fsp3) is 1.00. The number of halogens is 1. The summed E-state index contributed by atoms with van der Waals surface area (Å²) < 4.78 is 25.3. The van der Waals surface area contributed by atoms with Gasteiger partial charge in [0.1, 0.15) is 0 Å². The summed E-state index contributed by atoms with van der Waals surface area (Å²) in [6.45, 7) is 0. The normalized spacial score (nSPS) is 27.3. The maximum absolute atomic E-state index is 11.4.